The van der Waals surface area contributed by atoms with Gasteiger partial charge in [-0.25, -0.2) is 0 Å². The second kappa shape index (κ2) is 5.76. The van der Waals surface area contributed by atoms with E-state index in [9.17, 15) is 0 Å². The van der Waals surface area contributed by atoms with Crippen molar-refractivity contribution in [3.05, 3.63) is 35.4 Å². The van der Waals surface area contributed by atoms with Gasteiger partial charge in [-0.3, -0.25) is 0 Å². The molecule has 1 aromatic carbocycles. The summed E-state index contributed by atoms with van der Waals surface area (Å²) < 4.78 is 0. The molecule has 0 saturated heterocycles. The molecule has 1 fully saturated rings. The zero-order valence-electron chi connectivity index (χ0n) is 14.0. The van der Waals surface area contributed by atoms with Crippen molar-refractivity contribution in [3.63, 3.8) is 0 Å². The van der Waals surface area contributed by atoms with Crippen LogP contribution in [0.4, 0.5) is 0 Å². The largest absolute Gasteiger partial charge is 0.313 e. The molecule has 2 aliphatic rings. The van der Waals surface area contributed by atoms with Crippen LogP contribution < -0.4 is 5.32 Å². The van der Waals surface area contributed by atoms with Gasteiger partial charge in [-0.1, -0.05) is 45.0 Å². The lowest BCUT2D eigenvalue weighted by atomic mass is 9.65. The second-order valence-corrected chi connectivity index (χ2v) is 8.51. The molecular weight excluding hydrogens is 254 g/mol. The molecule has 0 radical (unpaired) electrons. The molecule has 3 rings (SSSR count). The van der Waals surface area contributed by atoms with Crippen LogP contribution in [0.1, 0.15) is 70.4 Å². The molecule has 0 heterocycles. The summed E-state index contributed by atoms with van der Waals surface area (Å²) in [6, 6.07) is 10.0. The Kier molecular flexibility index (Phi) is 4.14. The SMILES string of the molecule is CC(C)(C)CCC1(CNC2CC2)CCCc2ccccc21. The Labute approximate surface area is 130 Å². The minimum absolute atomic E-state index is 0.380. The minimum atomic E-state index is 0.380. The van der Waals surface area contributed by atoms with E-state index in [1.807, 2.05) is 0 Å². The maximum Gasteiger partial charge on any atom is 0.00809 e. The lowest BCUT2D eigenvalue weighted by molar-refractivity contribution is 0.254. The first-order valence-electron chi connectivity index (χ1n) is 8.80. The van der Waals surface area contributed by atoms with E-state index >= 15 is 0 Å². The summed E-state index contributed by atoms with van der Waals surface area (Å²) in [6.45, 7) is 8.32. The fraction of sp³-hybridized carbons (Fsp3) is 0.700. The van der Waals surface area contributed by atoms with Gasteiger partial charge in [-0.2, -0.15) is 0 Å². The predicted molar refractivity (Wildman–Crippen MR) is 90.8 cm³/mol. The van der Waals surface area contributed by atoms with Crippen molar-refractivity contribution in [2.24, 2.45) is 5.41 Å². The molecule has 0 aromatic heterocycles. The molecule has 21 heavy (non-hydrogen) atoms. The van der Waals surface area contributed by atoms with Crippen LogP contribution in [0.25, 0.3) is 0 Å². The van der Waals surface area contributed by atoms with Crippen molar-refractivity contribution < 1.29 is 0 Å². The van der Waals surface area contributed by atoms with Gasteiger partial charge < -0.3 is 5.32 Å². The number of benzene rings is 1. The number of hydrogen-bond acceptors (Lipinski definition) is 1. The fourth-order valence-electron chi connectivity index (χ4n) is 3.78. The average molecular weight is 285 g/mol. The molecule has 0 spiro atoms. The molecule has 1 heteroatoms. The van der Waals surface area contributed by atoms with Crippen LogP contribution in [-0.4, -0.2) is 12.6 Å². The maximum absolute atomic E-state index is 3.84. The fourth-order valence-corrected chi connectivity index (χ4v) is 3.78. The highest BCUT2D eigenvalue weighted by atomic mass is 15.0. The summed E-state index contributed by atoms with van der Waals surface area (Å²) in [5.74, 6) is 0. The third-order valence-electron chi connectivity index (χ3n) is 5.35. The summed E-state index contributed by atoms with van der Waals surface area (Å²) in [5, 5.41) is 3.84. The molecule has 1 unspecified atom stereocenters. The van der Waals surface area contributed by atoms with Gasteiger partial charge in [0.2, 0.25) is 0 Å². The summed E-state index contributed by atoms with van der Waals surface area (Å²) in [5.41, 5.74) is 4.06. The highest BCUT2D eigenvalue weighted by Gasteiger charge is 2.38. The molecule has 1 saturated carbocycles. The van der Waals surface area contributed by atoms with Crippen LogP contribution in [0.3, 0.4) is 0 Å². The van der Waals surface area contributed by atoms with Gasteiger partial charge in [0.1, 0.15) is 0 Å². The van der Waals surface area contributed by atoms with E-state index in [2.05, 4.69) is 50.4 Å². The van der Waals surface area contributed by atoms with Crippen molar-refractivity contribution in [2.45, 2.75) is 77.2 Å². The first-order valence-corrected chi connectivity index (χ1v) is 8.80. The maximum atomic E-state index is 3.84. The molecule has 0 bridgehead atoms. The van der Waals surface area contributed by atoms with Gasteiger partial charge in [0, 0.05) is 18.0 Å². The number of hydrogen-bond donors (Lipinski definition) is 1. The number of fused-ring (bicyclic) bond motifs is 1. The van der Waals surface area contributed by atoms with Gasteiger partial charge in [0.15, 0.2) is 0 Å². The lowest BCUT2D eigenvalue weighted by Crippen LogP contribution is -2.42. The van der Waals surface area contributed by atoms with Crippen LogP contribution >= 0.6 is 0 Å². The van der Waals surface area contributed by atoms with Gasteiger partial charge >= 0.3 is 0 Å². The number of aryl methyl sites for hydroxylation is 1. The monoisotopic (exact) mass is 285 g/mol. The summed E-state index contributed by atoms with van der Waals surface area (Å²) >= 11 is 0. The van der Waals surface area contributed by atoms with E-state index in [-0.39, 0.29) is 0 Å². The molecular formula is C20H31N. The van der Waals surface area contributed by atoms with Gasteiger partial charge in [-0.15, -0.1) is 0 Å². The highest BCUT2D eigenvalue weighted by Crippen LogP contribution is 2.43. The Balaban J connectivity index is 1.84. The zero-order chi connectivity index (χ0) is 14.9. The topological polar surface area (TPSA) is 12.0 Å². The molecule has 116 valence electrons. The first-order chi connectivity index (χ1) is 9.99. The first kappa shape index (κ1) is 15.1. The molecule has 2 aliphatic carbocycles. The van der Waals surface area contributed by atoms with Crippen molar-refractivity contribution in [1.29, 1.82) is 0 Å². The van der Waals surface area contributed by atoms with Crippen molar-refractivity contribution >= 4 is 0 Å². The molecule has 1 aromatic rings. The highest BCUT2D eigenvalue weighted by molar-refractivity contribution is 5.37. The molecule has 0 aliphatic heterocycles. The van der Waals surface area contributed by atoms with E-state index in [1.54, 1.807) is 11.1 Å². The smallest absolute Gasteiger partial charge is 0.00809 e. The van der Waals surface area contributed by atoms with E-state index in [0.717, 1.165) is 6.04 Å². The van der Waals surface area contributed by atoms with E-state index < -0.39 is 0 Å². The van der Waals surface area contributed by atoms with Crippen LogP contribution in [-0.2, 0) is 11.8 Å². The minimum Gasteiger partial charge on any atom is -0.313 e. The summed E-state index contributed by atoms with van der Waals surface area (Å²) in [6.07, 6.45) is 9.40. The van der Waals surface area contributed by atoms with E-state index in [1.165, 1.54) is 51.5 Å². The Morgan fingerprint density at radius 1 is 1.19 bits per heavy atom. The quantitative estimate of drug-likeness (QED) is 0.816. The molecule has 1 N–H and O–H groups in total. The molecule has 1 atom stereocenters. The summed E-state index contributed by atoms with van der Waals surface area (Å²) in [4.78, 5) is 0. The van der Waals surface area contributed by atoms with Crippen LogP contribution in [0.5, 0.6) is 0 Å². The van der Waals surface area contributed by atoms with Crippen LogP contribution in [0.2, 0.25) is 0 Å². The van der Waals surface area contributed by atoms with E-state index in [4.69, 9.17) is 0 Å². The predicted octanol–water partition coefficient (Wildman–Crippen LogP) is 4.84. The normalized spacial score (nSPS) is 25.7. The third kappa shape index (κ3) is 3.69. The van der Waals surface area contributed by atoms with Crippen LogP contribution in [0, 0.1) is 5.41 Å². The lowest BCUT2D eigenvalue weighted by Gasteiger charge is -2.41. The van der Waals surface area contributed by atoms with Crippen LogP contribution in [0.15, 0.2) is 24.3 Å². The van der Waals surface area contributed by atoms with Crippen molar-refractivity contribution in [2.75, 3.05) is 6.54 Å². The molecule has 0 amide bonds. The van der Waals surface area contributed by atoms with Crippen molar-refractivity contribution in [3.8, 4) is 0 Å². The Morgan fingerprint density at radius 3 is 2.67 bits per heavy atom. The Morgan fingerprint density at radius 2 is 1.95 bits per heavy atom. The standard InChI is InChI=1S/C20H31N/c1-19(2,3)13-14-20(15-21-17-10-11-17)12-6-8-16-7-4-5-9-18(16)20/h4-5,7,9,17,21H,6,8,10-15H2,1-3H3. The van der Waals surface area contributed by atoms with Gasteiger partial charge in [0.25, 0.3) is 0 Å². The number of rotatable bonds is 5. The van der Waals surface area contributed by atoms with Gasteiger partial charge in [-0.05, 0) is 61.5 Å². The van der Waals surface area contributed by atoms with Gasteiger partial charge in [0.05, 0.1) is 0 Å². The third-order valence-corrected chi connectivity index (χ3v) is 5.35. The number of nitrogens with one attached hydrogen (secondary N) is 1. The molecule has 1 nitrogen and oxygen atoms in total. The zero-order valence-corrected chi connectivity index (χ0v) is 14.0. The Hall–Kier alpha value is -0.820. The van der Waals surface area contributed by atoms with E-state index in [0.29, 0.717) is 10.8 Å². The average Bonchev–Trinajstić information content (AvgIpc) is 3.27. The second-order valence-electron chi connectivity index (χ2n) is 8.51. The van der Waals surface area contributed by atoms with Crippen molar-refractivity contribution in [1.82, 2.24) is 5.32 Å². The Bertz CT molecular complexity index is 481. The summed E-state index contributed by atoms with van der Waals surface area (Å²) in [7, 11) is 0.